The van der Waals surface area contributed by atoms with E-state index in [4.69, 9.17) is 6.42 Å². The van der Waals surface area contributed by atoms with E-state index in [0.29, 0.717) is 0 Å². The molecule has 1 nitrogen and oxygen atoms in total. The predicted molar refractivity (Wildman–Crippen MR) is 54.4 cm³/mol. The zero-order valence-electron chi connectivity index (χ0n) is 7.59. The van der Waals surface area contributed by atoms with E-state index in [9.17, 15) is 0 Å². The van der Waals surface area contributed by atoms with Crippen molar-refractivity contribution in [2.75, 3.05) is 13.1 Å². The van der Waals surface area contributed by atoms with Gasteiger partial charge in [-0.1, -0.05) is 18.1 Å². The van der Waals surface area contributed by atoms with Crippen LogP contribution in [0.4, 0.5) is 0 Å². The molecule has 0 aliphatic carbocycles. The lowest BCUT2D eigenvalue weighted by molar-refractivity contribution is 0.346. The lowest BCUT2D eigenvalue weighted by Crippen LogP contribution is -2.43. The average Bonchev–Trinajstić information content (AvgIpc) is 2.12. The van der Waals surface area contributed by atoms with Gasteiger partial charge in [-0.3, -0.25) is 0 Å². The molecule has 0 unspecified atom stereocenters. The first-order valence-corrected chi connectivity index (χ1v) is 4.65. The fourth-order valence-corrected chi connectivity index (χ4v) is 1.56. The van der Waals surface area contributed by atoms with Crippen molar-refractivity contribution in [3.63, 3.8) is 0 Å². The number of nitrogens with one attached hydrogen (secondary N) is 1. The van der Waals surface area contributed by atoms with E-state index in [1.807, 2.05) is 12.1 Å². The smallest absolute Gasteiger partial charge is 0.0242 e. The van der Waals surface area contributed by atoms with Crippen LogP contribution in [0.3, 0.4) is 0 Å². The van der Waals surface area contributed by atoms with Crippen LogP contribution in [0.2, 0.25) is 0 Å². The van der Waals surface area contributed by atoms with E-state index in [1.54, 1.807) is 0 Å². The van der Waals surface area contributed by atoms with Crippen molar-refractivity contribution in [2.24, 2.45) is 5.92 Å². The highest BCUT2D eigenvalue weighted by atomic mass is 14.9. The lowest BCUT2D eigenvalue weighted by atomic mass is 9.94. The molecule has 2 rings (SSSR count). The van der Waals surface area contributed by atoms with Crippen LogP contribution in [0, 0.1) is 18.3 Å². The molecule has 0 saturated carbocycles. The first kappa shape index (κ1) is 8.34. The van der Waals surface area contributed by atoms with Crippen LogP contribution in [0.1, 0.15) is 11.1 Å². The van der Waals surface area contributed by atoms with Gasteiger partial charge >= 0.3 is 0 Å². The Labute approximate surface area is 79.2 Å². The molecule has 0 amide bonds. The van der Waals surface area contributed by atoms with Gasteiger partial charge < -0.3 is 5.32 Å². The molecule has 1 N–H and O–H groups in total. The summed E-state index contributed by atoms with van der Waals surface area (Å²) >= 11 is 0. The van der Waals surface area contributed by atoms with Crippen LogP contribution in [-0.2, 0) is 6.42 Å². The summed E-state index contributed by atoms with van der Waals surface area (Å²) in [7, 11) is 0. The highest BCUT2D eigenvalue weighted by Crippen LogP contribution is 2.12. The van der Waals surface area contributed by atoms with E-state index < -0.39 is 0 Å². The maximum atomic E-state index is 5.28. The molecule has 0 aromatic heterocycles. The van der Waals surface area contributed by atoms with Crippen LogP contribution < -0.4 is 5.32 Å². The van der Waals surface area contributed by atoms with Gasteiger partial charge in [0.15, 0.2) is 0 Å². The standard InChI is InChI=1S/C12H13N/c1-2-10-3-5-11(6-4-10)7-12-8-13-9-12/h1,3-6,12-13H,7-9H2. The van der Waals surface area contributed by atoms with Gasteiger partial charge in [0.25, 0.3) is 0 Å². The van der Waals surface area contributed by atoms with Gasteiger partial charge in [-0.2, -0.15) is 0 Å². The van der Waals surface area contributed by atoms with E-state index >= 15 is 0 Å². The van der Waals surface area contributed by atoms with Crippen molar-refractivity contribution in [3.05, 3.63) is 35.4 Å². The zero-order valence-corrected chi connectivity index (χ0v) is 7.59. The average molecular weight is 171 g/mol. The maximum Gasteiger partial charge on any atom is 0.0242 e. The Morgan fingerprint density at radius 3 is 2.46 bits per heavy atom. The predicted octanol–water partition coefficient (Wildman–Crippen LogP) is 1.43. The number of rotatable bonds is 2. The third-order valence-corrected chi connectivity index (χ3v) is 2.51. The molecule has 1 heterocycles. The topological polar surface area (TPSA) is 12.0 Å². The van der Waals surface area contributed by atoms with Crippen molar-refractivity contribution in [1.29, 1.82) is 0 Å². The highest BCUT2D eigenvalue weighted by molar-refractivity contribution is 5.34. The van der Waals surface area contributed by atoms with Crippen molar-refractivity contribution in [2.45, 2.75) is 6.42 Å². The SMILES string of the molecule is C#Cc1ccc(CC2CNC2)cc1. The summed E-state index contributed by atoms with van der Waals surface area (Å²) in [6.07, 6.45) is 6.46. The molecule has 1 saturated heterocycles. The first-order valence-electron chi connectivity index (χ1n) is 4.65. The van der Waals surface area contributed by atoms with Crippen molar-refractivity contribution >= 4 is 0 Å². The van der Waals surface area contributed by atoms with Gasteiger partial charge in [-0.15, -0.1) is 6.42 Å². The number of hydrogen-bond acceptors (Lipinski definition) is 1. The summed E-state index contributed by atoms with van der Waals surface area (Å²) in [6.45, 7) is 2.33. The minimum atomic E-state index is 0.830. The number of hydrogen-bond donors (Lipinski definition) is 1. The third-order valence-electron chi connectivity index (χ3n) is 2.51. The molecule has 0 bridgehead atoms. The van der Waals surface area contributed by atoms with Crippen LogP contribution in [0.15, 0.2) is 24.3 Å². The molecule has 1 aromatic rings. The maximum absolute atomic E-state index is 5.28. The molecule has 66 valence electrons. The summed E-state index contributed by atoms with van der Waals surface area (Å²) in [5.74, 6) is 3.45. The second-order valence-electron chi connectivity index (χ2n) is 3.57. The number of benzene rings is 1. The van der Waals surface area contributed by atoms with E-state index in [-0.39, 0.29) is 0 Å². The third kappa shape index (κ3) is 1.91. The lowest BCUT2D eigenvalue weighted by Gasteiger charge is -2.27. The molecule has 13 heavy (non-hydrogen) atoms. The van der Waals surface area contributed by atoms with Gasteiger partial charge in [0.05, 0.1) is 0 Å². The Balaban J connectivity index is 2.01. The quantitative estimate of drug-likeness (QED) is 0.664. The molecule has 0 radical (unpaired) electrons. The summed E-state index contributed by atoms with van der Waals surface area (Å²) in [6, 6.07) is 8.30. The van der Waals surface area contributed by atoms with Crippen molar-refractivity contribution in [1.82, 2.24) is 5.32 Å². The van der Waals surface area contributed by atoms with Gasteiger partial charge in [0.2, 0.25) is 0 Å². The summed E-state index contributed by atoms with van der Waals surface area (Å²) < 4.78 is 0. The molecular formula is C12H13N. The van der Waals surface area contributed by atoms with Crippen LogP contribution in [-0.4, -0.2) is 13.1 Å². The van der Waals surface area contributed by atoms with Crippen LogP contribution >= 0.6 is 0 Å². The number of terminal acetylenes is 1. The Hall–Kier alpha value is -1.26. The summed E-state index contributed by atoms with van der Waals surface area (Å²) in [5.41, 5.74) is 2.36. The first-order chi connectivity index (χ1) is 6.38. The molecule has 1 fully saturated rings. The van der Waals surface area contributed by atoms with Gasteiger partial charge in [0.1, 0.15) is 0 Å². The zero-order chi connectivity index (χ0) is 9.10. The minimum Gasteiger partial charge on any atom is -0.316 e. The van der Waals surface area contributed by atoms with Gasteiger partial charge in [0, 0.05) is 5.56 Å². The van der Waals surface area contributed by atoms with E-state index in [2.05, 4.69) is 23.4 Å². The molecule has 0 spiro atoms. The summed E-state index contributed by atoms with van der Waals surface area (Å²) in [4.78, 5) is 0. The largest absolute Gasteiger partial charge is 0.316 e. The van der Waals surface area contributed by atoms with Crippen molar-refractivity contribution < 1.29 is 0 Å². The normalized spacial score (nSPS) is 16.2. The molecule has 1 aliphatic rings. The van der Waals surface area contributed by atoms with E-state index in [0.717, 1.165) is 24.6 Å². The van der Waals surface area contributed by atoms with Gasteiger partial charge in [-0.05, 0) is 43.1 Å². The van der Waals surface area contributed by atoms with Crippen molar-refractivity contribution in [3.8, 4) is 12.3 Å². The summed E-state index contributed by atoms with van der Waals surface area (Å²) in [5, 5.41) is 3.27. The Morgan fingerprint density at radius 2 is 2.00 bits per heavy atom. The second-order valence-corrected chi connectivity index (χ2v) is 3.57. The fourth-order valence-electron chi connectivity index (χ4n) is 1.56. The van der Waals surface area contributed by atoms with Gasteiger partial charge in [-0.25, -0.2) is 0 Å². The second kappa shape index (κ2) is 3.64. The molecule has 1 heteroatoms. The van der Waals surface area contributed by atoms with E-state index in [1.165, 1.54) is 12.0 Å². The molecule has 0 atom stereocenters. The highest BCUT2D eigenvalue weighted by Gasteiger charge is 2.16. The fraction of sp³-hybridized carbons (Fsp3) is 0.333. The monoisotopic (exact) mass is 171 g/mol. The minimum absolute atomic E-state index is 0.830. The molecular weight excluding hydrogens is 158 g/mol. The molecule has 1 aromatic carbocycles. The molecule has 1 aliphatic heterocycles. The van der Waals surface area contributed by atoms with Crippen LogP contribution in [0.25, 0.3) is 0 Å². The Morgan fingerprint density at radius 1 is 1.31 bits per heavy atom. The Bertz CT molecular complexity index is 314. The van der Waals surface area contributed by atoms with Crippen LogP contribution in [0.5, 0.6) is 0 Å². The Kier molecular flexibility index (Phi) is 2.33.